The molecule has 1 aliphatic carbocycles. The lowest BCUT2D eigenvalue weighted by atomic mass is 10.1. The van der Waals surface area contributed by atoms with Crippen LogP contribution in [-0.2, 0) is 11.2 Å². The molecule has 0 spiro atoms. The van der Waals surface area contributed by atoms with Crippen LogP contribution in [0.4, 0.5) is 0 Å². The molecule has 114 valence electrons. The van der Waals surface area contributed by atoms with Crippen LogP contribution in [0, 0.1) is 12.8 Å². The molecule has 0 atom stereocenters. The van der Waals surface area contributed by atoms with Gasteiger partial charge in [0, 0.05) is 30.1 Å². The molecule has 0 aromatic carbocycles. The van der Waals surface area contributed by atoms with Crippen LogP contribution < -0.4 is 4.74 Å². The van der Waals surface area contributed by atoms with E-state index in [1.54, 1.807) is 13.1 Å². The van der Waals surface area contributed by atoms with Crippen molar-refractivity contribution in [2.45, 2.75) is 33.1 Å². The summed E-state index contributed by atoms with van der Waals surface area (Å²) in [4.78, 5) is 19.9. The second-order valence-corrected chi connectivity index (χ2v) is 5.98. The van der Waals surface area contributed by atoms with Gasteiger partial charge in [-0.2, -0.15) is 0 Å². The summed E-state index contributed by atoms with van der Waals surface area (Å²) in [7, 11) is 0. The van der Waals surface area contributed by atoms with Crippen molar-refractivity contribution in [3.8, 4) is 16.9 Å². The number of hydrogen-bond donors (Lipinski definition) is 0. The molecule has 0 saturated heterocycles. The van der Waals surface area contributed by atoms with Gasteiger partial charge in [0.25, 0.3) is 0 Å². The molecule has 1 fully saturated rings. The van der Waals surface area contributed by atoms with Crippen molar-refractivity contribution in [2.24, 2.45) is 5.92 Å². The number of ketones is 1. The monoisotopic (exact) mass is 296 g/mol. The van der Waals surface area contributed by atoms with Gasteiger partial charge < -0.3 is 4.74 Å². The number of nitrogens with zero attached hydrogens (tertiary/aromatic N) is 2. The first-order valence-corrected chi connectivity index (χ1v) is 7.66. The Hall–Kier alpha value is -2.23. The first kappa shape index (κ1) is 14.7. The van der Waals surface area contributed by atoms with Crippen molar-refractivity contribution in [3.05, 3.63) is 42.0 Å². The Bertz CT molecular complexity index is 693. The van der Waals surface area contributed by atoms with E-state index in [0.717, 1.165) is 34.9 Å². The molecule has 2 aromatic heterocycles. The summed E-state index contributed by atoms with van der Waals surface area (Å²) in [5.74, 6) is 1.67. The summed E-state index contributed by atoms with van der Waals surface area (Å²) in [6, 6.07) is 5.90. The van der Waals surface area contributed by atoms with Crippen LogP contribution in [0.15, 0.2) is 30.6 Å². The fourth-order valence-electron chi connectivity index (χ4n) is 2.32. The average Bonchev–Trinajstić information content (AvgIpc) is 3.30. The van der Waals surface area contributed by atoms with Crippen LogP contribution >= 0.6 is 0 Å². The quantitative estimate of drug-likeness (QED) is 0.820. The molecular formula is C18H20N2O2. The van der Waals surface area contributed by atoms with E-state index in [-0.39, 0.29) is 5.78 Å². The number of carbonyl (C=O) groups excluding carboxylic acids is 1. The first-order valence-electron chi connectivity index (χ1n) is 7.66. The molecule has 0 amide bonds. The topological polar surface area (TPSA) is 52.1 Å². The van der Waals surface area contributed by atoms with Crippen molar-refractivity contribution in [1.82, 2.24) is 9.97 Å². The van der Waals surface area contributed by atoms with Crippen LogP contribution in [0.25, 0.3) is 11.1 Å². The molecule has 0 bridgehead atoms. The lowest BCUT2D eigenvalue weighted by Gasteiger charge is -2.10. The number of carbonyl (C=O) groups is 1. The largest absolute Gasteiger partial charge is 0.491 e. The van der Waals surface area contributed by atoms with E-state index in [9.17, 15) is 4.79 Å². The van der Waals surface area contributed by atoms with Gasteiger partial charge in [0.1, 0.15) is 11.5 Å². The Morgan fingerprint density at radius 3 is 2.82 bits per heavy atom. The molecule has 1 aliphatic rings. The van der Waals surface area contributed by atoms with Crippen LogP contribution in [0.3, 0.4) is 0 Å². The van der Waals surface area contributed by atoms with Gasteiger partial charge >= 0.3 is 0 Å². The molecule has 0 aliphatic heterocycles. The molecule has 4 nitrogen and oxygen atoms in total. The Balaban J connectivity index is 1.83. The maximum absolute atomic E-state index is 11.2. The summed E-state index contributed by atoms with van der Waals surface area (Å²) < 4.78 is 5.89. The van der Waals surface area contributed by atoms with E-state index in [1.165, 1.54) is 12.8 Å². The highest BCUT2D eigenvalue weighted by Gasteiger charge is 2.22. The van der Waals surface area contributed by atoms with Crippen LogP contribution in [-0.4, -0.2) is 22.4 Å². The summed E-state index contributed by atoms with van der Waals surface area (Å²) in [5.41, 5.74) is 3.69. The van der Waals surface area contributed by atoms with E-state index in [4.69, 9.17) is 4.74 Å². The zero-order valence-electron chi connectivity index (χ0n) is 13.0. The van der Waals surface area contributed by atoms with Crippen LogP contribution in [0.5, 0.6) is 5.75 Å². The SMILES string of the molecule is CC(=O)Cc1cc(-c2cnc(C)c(OCC3CC3)c2)ccn1. The van der Waals surface area contributed by atoms with E-state index in [0.29, 0.717) is 12.3 Å². The molecule has 1 saturated carbocycles. The molecule has 0 unspecified atom stereocenters. The highest BCUT2D eigenvalue weighted by Crippen LogP contribution is 2.31. The predicted octanol–water partition coefficient (Wildman–Crippen LogP) is 3.37. The van der Waals surface area contributed by atoms with Crippen molar-refractivity contribution in [1.29, 1.82) is 0 Å². The predicted molar refractivity (Wildman–Crippen MR) is 84.8 cm³/mol. The van der Waals surface area contributed by atoms with Gasteiger partial charge in [0.2, 0.25) is 0 Å². The van der Waals surface area contributed by atoms with Crippen LogP contribution in [0.2, 0.25) is 0 Å². The lowest BCUT2D eigenvalue weighted by molar-refractivity contribution is -0.116. The van der Waals surface area contributed by atoms with Gasteiger partial charge in [-0.3, -0.25) is 14.8 Å². The minimum absolute atomic E-state index is 0.111. The van der Waals surface area contributed by atoms with Gasteiger partial charge in [0.15, 0.2) is 0 Å². The maximum atomic E-state index is 11.2. The molecule has 3 rings (SSSR count). The van der Waals surface area contributed by atoms with Gasteiger partial charge in [-0.25, -0.2) is 0 Å². The van der Waals surface area contributed by atoms with Gasteiger partial charge in [-0.1, -0.05) is 0 Å². The molecule has 2 aromatic rings. The number of aryl methyl sites for hydroxylation is 1. The summed E-state index contributed by atoms with van der Waals surface area (Å²) >= 11 is 0. The van der Waals surface area contributed by atoms with E-state index >= 15 is 0 Å². The minimum atomic E-state index is 0.111. The first-order chi connectivity index (χ1) is 10.6. The lowest BCUT2D eigenvalue weighted by Crippen LogP contribution is -2.02. The number of ether oxygens (including phenoxy) is 1. The second kappa shape index (κ2) is 6.26. The Morgan fingerprint density at radius 2 is 2.09 bits per heavy atom. The number of pyridine rings is 2. The second-order valence-electron chi connectivity index (χ2n) is 5.98. The van der Waals surface area contributed by atoms with Crippen molar-refractivity contribution >= 4 is 5.78 Å². The summed E-state index contributed by atoms with van der Waals surface area (Å²) in [6.07, 6.45) is 6.47. The molecule has 22 heavy (non-hydrogen) atoms. The van der Waals surface area contributed by atoms with Crippen molar-refractivity contribution < 1.29 is 9.53 Å². The third kappa shape index (κ3) is 3.70. The Morgan fingerprint density at radius 1 is 1.27 bits per heavy atom. The number of hydrogen-bond acceptors (Lipinski definition) is 4. The zero-order valence-corrected chi connectivity index (χ0v) is 13.0. The summed E-state index contributed by atoms with van der Waals surface area (Å²) in [6.45, 7) is 4.31. The smallest absolute Gasteiger partial charge is 0.141 e. The maximum Gasteiger partial charge on any atom is 0.141 e. The van der Waals surface area contributed by atoms with E-state index in [2.05, 4.69) is 9.97 Å². The van der Waals surface area contributed by atoms with Crippen LogP contribution in [0.1, 0.15) is 31.2 Å². The minimum Gasteiger partial charge on any atom is -0.491 e. The third-order valence-corrected chi connectivity index (χ3v) is 3.79. The molecular weight excluding hydrogens is 276 g/mol. The standard InChI is InChI=1S/C18H20N2O2/c1-12(21)7-17-8-15(5-6-19-17)16-9-18(13(2)20-10-16)22-11-14-3-4-14/h5-6,8-10,14H,3-4,7,11H2,1-2H3. The van der Waals surface area contributed by atoms with Gasteiger partial charge in [-0.15, -0.1) is 0 Å². The van der Waals surface area contributed by atoms with E-state index < -0.39 is 0 Å². The highest BCUT2D eigenvalue weighted by molar-refractivity contribution is 5.78. The molecule has 0 N–H and O–H groups in total. The van der Waals surface area contributed by atoms with Crippen molar-refractivity contribution in [3.63, 3.8) is 0 Å². The number of aromatic nitrogens is 2. The molecule has 2 heterocycles. The van der Waals surface area contributed by atoms with Crippen molar-refractivity contribution in [2.75, 3.05) is 6.61 Å². The molecule has 4 heteroatoms. The zero-order chi connectivity index (χ0) is 15.5. The average molecular weight is 296 g/mol. The highest BCUT2D eigenvalue weighted by atomic mass is 16.5. The number of rotatable bonds is 6. The Kier molecular flexibility index (Phi) is 4.18. The third-order valence-electron chi connectivity index (χ3n) is 3.79. The van der Waals surface area contributed by atoms with Gasteiger partial charge in [-0.05, 0) is 56.4 Å². The Labute approximate surface area is 130 Å². The normalized spacial score (nSPS) is 13.9. The van der Waals surface area contributed by atoms with Gasteiger partial charge in [0.05, 0.1) is 12.3 Å². The summed E-state index contributed by atoms with van der Waals surface area (Å²) in [5, 5.41) is 0. The van der Waals surface area contributed by atoms with E-state index in [1.807, 2.05) is 31.3 Å². The molecule has 0 radical (unpaired) electrons. The fraction of sp³-hybridized carbons (Fsp3) is 0.389. The fourth-order valence-corrected chi connectivity index (χ4v) is 2.32. The number of Topliss-reactive ketones (excluding diaryl/α,β-unsaturated/α-hetero) is 1.